The van der Waals surface area contributed by atoms with E-state index >= 15 is 0 Å². The van der Waals surface area contributed by atoms with Crippen LogP contribution in [0.15, 0.2) is 22.7 Å². The first kappa shape index (κ1) is 14.4. The Bertz CT molecular complexity index is 336. The van der Waals surface area contributed by atoms with Crippen molar-refractivity contribution in [2.45, 2.75) is 6.92 Å². The molecule has 0 aliphatic carbocycles. The molecule has 0 aromatic heterocycles. The standard InChI is InChI=1S/C12H17BrFNO2/c1-2-16-7-5-15-6-8-17-12-4-3-10(13)9-11(12)14/h3-4,9,15H,2,5-8H2,1H3. The Labute approximate surface area is 109 Å². The zero-order valence-corrected chi connectivity index (χ0v) is 11.4. The molecule has 0 saturated carbocycles. The SMILES string of the molecule is CCOCCNCCOc1ccc(Br)cc1F. The monoisotopic (exact) mass is 305 g/mol. The molecular formula is C12H17BrFNO2. The fraction of sp³-hybridized carbons (Fsp3) is 0.500. The van der Waals surface area contributed by atoms with Gasteiger partial charge in [0.05, 0.1) is 6.61 Å². The molecule has 1 N–H and O–H groups in total. The minimum atomic E-state index is -0.353. The third-order valence-corrected chi connectivity index (χ3v) is 2.55. The van der Waals surface area contributed by atoms with Crippen LogP contribution in [-0.4, -0.2) is 32.9 Å². The number of hydrogen-bond acceptors (Lipinski definition) is 3. The molecule has 0 aliphatic heterocycles. The third-order valence-electron chi connectivity index (χ3n) is 2.06. The molecule has 3 nitrogen and oxygen atoms in total. The molecule has 0 radical (unpaired) electrons. The molecule has 0 unspecified atom stereocenters. The first-order chi connectivity index (χ1) is 8.24. The average molecular weight is 306 g/mol. The molecule has 1 aromatic carbocycles. The van der Waals surface area contributed by atoms with Gasteiger partial charge in [-0.3, -0.25) is 0 Å². The van der Waals surface area contributed by atoms with E-state index in [2.05, 4.69) is 21.2 Å². The maximum atomic E-state index is 13.3. The number of nitrogens with one attached hydrogen (secondary N) is 1. The molecule has 0 aliphatic rings. The molecule has 5 heteroatoms. The van der Waals surface area contributed by atoms with Crippen molar-refractivity contribution in [1.82, 2.24) is 5.32 Å². The van der Waals surface area contributed by atoms with E-state index in [4.69, 9.17) is 9.47 Å². The van der Waals surface area contributed by atoms with E-state index in [1.165, 1.54) is 6.07 Å². The van der Waals surface area contributed by atoms with E-state index in [1.807, 2.05) is 6.92 Å². The summed E-state index contributed by atoms with van der Waals surface area (Å²) in [4.78, 5) is 0. The van der Waals surface area contributed by atoms with Crippen LogP contribution in [0.3, 0.4) is 0 Å². The summed E-state index contributed by atoms with van der Waals surface area (Å²) < 4.78 is 24.5. The van der Waals surface area contributed by atoms with E-state index < -0.39 is 0 Å². The van der Waals surface area contributed by atoms with Crippen LogP contribution in [0.5, 0.6) is 5.75 Å². The van der Waals surface area contributed by atoms with Gasteiger partial charge in [-0.2, -0.15) is 0 Å². The molecule has 0 spiro atoms. The molecule has 0 fully saturated rings. The second kappa shape index (κ2) is 8.44. The van der Waals surface area contributed by atoms with Crippen molar-refractivity contribution >= 4 is 15.9 Å². The highest BCUT2D eigenvalue weighted by Gasteiger charge is 2.02. The molecule has 0 bridgehead atoms. The van der Waals surface area contributed by atoms with Gasteiger partial charge in [0, 0.05) is 24.2 Å². The van der Waals surface area contributed by atoms with E-state index in [9.17, 15) is 4.39 Å². The van der Waals surface area contributed by atoms with E-state index in [0.717, 1.165) is 13.2 Å². The first-order valence-corrected chi connectivity index (χ1v) is 6.39. The largest absolute Gasteiger partial charge is 0.489 e. The number of hydrogen-bond donors (Lipinski definition) is 1. The van der Waals surface area contributed by atoms with Crippen molar-refractivity contribution in [2.24, 2.45) is 0 Å². The van der Waals surface area contributed by atoms with Gasteiger partial charge < -0.3 is 14.8 Å². The Morgan fingerprint density at radius 2 is 2.06 bits per heavy atom. The van der Waals surface area contributed by atoms with Crippen LogP contribution in [0.1, 0.15) is 6.92 Å². The molecule has 0 atom stereocenters. The van der Waals surface area contributed by atoms with Crippen LogP contribution in [0.2, 0.25) is 0 Å². The highest BCUT2D eigenvalue weighted by atomic mass is 79.9. The van der Waals surface area contributed by atoms with Gasteiger partial charge in [-0.1, -0.05) is 15.9 Å². The third kappa shape index (κ3) is 6.00. The summed E-state index contributed by atoms with van der Waals surface area (Å²) in [6.07, 6.45) is 0. The van der Waals surface area contributed by atoms with Crippen LogP contribution in [-0.2, 0) is 4.74 Å². The lowest BCUT2D eigenvalue weighted by Gasteiger charge is -2.08. The lowest BCUT2D eigenvalue weighted by molar-refractivity contribution is 0.148. The zero-order valence-electron chi connectivity index (χ0n) is 9.84. The molecule has 17 heavy (non-hydrogen) atoms. The van der Waals surface area contributed by atoms with Crippen LogP contribution in [0.4, 0.5) is 4.39 Å². The topological polar surface area (TPSA) is 30.5 Å². The van der Waals surface area contributed by atoms with Crippen LogP contribution in [0, 0.1) is 5.82 Å². The smallest absolute Gasteiger partial charge is 0.166 e. The fourth-order valence-electron chi connectivity index (χ4n) is 1.24. The minimum absolute atomic E-state index is 0.278. The quantitative estimate of drug-likeness (QED) is 0.749. The summed E-state index contributed by atoms with van der Waals surface area (Å²) >= 11 is 3.19. The summed E-state index contributed by atoms with van der Waals surface area (Å²) in [5, 5.41) is 3.14. The molecule has 0 heterocycles. The Balaban J connectivity index is 2.14. The van der Waals surface area contributed by atoms with Gasteiger partial charge in [0.1, 0.15) is 6.61 Å². The predicted octanol–water partition coefficient (Wildman–Crippen LogP) is 2.59. The maximum Gasteiger partial charge on any atom is 0.166 e. The van der Waals surface area contributed by atoms with Crippen LogP contribution in [0.25, 0.3) is 0 Å². The first-order valence-electron chi connectivity index (χ1n) is 5.60. The van der Waals surface area contributed by atoms with Gasteiger partial charge in [-0.15, -0.1) is 0 Å². The van der Waals surface area contributed by atoms with Gasteiger partial charge in [0.25, 0.3) is 0 Å². The van der Waals surface area contributed by atoms with Crippen LogP contribution >= 0.6 is 15.9 Å². The van der Waals surface area contributed by atoms with Crippen molar-refractivity contribution in [3.8, 4) is 5.75 Å². The summed E-state index contributed by atoms with van der Waals surface area (Å²) in [5.74, 6) is -0.0755. The zero-order chi connectivity index (χ0) is 12.5. The normalized spacial score (nSPS) is 10.5. The molecule has 0 amide bonds. The number of rotatable bonds is 8. The highest BCUT2D eigenvalue weighted by molar-refractivity contribution is 9.10. The van der Waals surface area contributed by atoms with Crippen molar-refractivity contribution in [3.05, 3.63) is 28.5 Å². The lowest BCUT2D eigenvalue weighted by atomic mass is 10.3. The van der Waals surface area contributed by atoms with Crippen molar-refractivity contribution < 1.29 is 13.9 Å². The summed E-state index contributed by atoms with van der Waals surface area (Å²) in [6.45, 7) is 5.25. The van der Waals surface area contributed by atoms with E-state index in [-0.39, 0.29) is 11.6 Å². The van der Waals surface area contributed by atoms with E-state index in [1.54, 1.807) is 12.1 Å². The predicted molar refractivity (Wildman–Crippen MR) is 69.0 cm³/mol. The van der Waals surface area contributed by atoms with Crippen LogP contribution < -0.4 is 10.1 Å². The number of benzene rings is 1. The molecule has 1 aromatic rings. The second-order valence-electron chi connectivity index (χ2n) is 3.37. The number of ether oxygens (including phenoxy) is 2. The van der Waals surface area contributed by atoms with Gasteiger partial charge in [0.2, 0.25) is 0 Å². The Morgan fingerprint density at radius 3 is 2.76 bits per heavy atom. The summed E-state index contributed by atoms with van der Waals surface area (Å²) in [7, 11) is 0. The van der Waals surface area contributed by atoms with Crippen molar-refractivity contribution in [3.63, 3.8) is 0 Å². The van der Waals surface area contributed by atoms with Gasteiger partial charge >= 0.3 is 0 Å². The van der Waals surface area contributed by atoms with E-state index in [0.29, 0.717) is 24.2 Å². The Morgan fingerprint density at radius 1 is 1.29 bits per heavy atom. The summed E-state index contributed by atoms with van der Waals surface area (Å²) in [5.41, 5.74) is 0. The maximum absolute atomic E-state index is 13.3. The number of halogens is 2. The molecule has 0 saturated heterocycles. The summed E-state index contributed by atoms with van der Waals surface area (Å²) in [6, 6.07) is 4.75. The van der Waals surface area contributed by atoms with Gasteiger partial charge in [-0.25, -0.2) is 4.39 Å². The van der Waals surface area contributed by atoms with Gasteiger partial charge in [0.15, 0.2) is 11.6 Å². The second-order valence-corrected chi connectivity index (χ2v) is 4.29. The van der Waals surface area contributed by atoms with Gasteiger partial charge in [-0.05, 0) is 25.1 Å². The molecular weight excluding hydrogens is 289 g/mol. The molecule has 1 rings (SSSR count). The lowest BCUT2D eigenvalue weighted by Crippen LogP contribution is -2.25. The Hall–Kier alpha value is -0.650. The van der Waals surface area contributed by atoms with Crippen molar-refractivity contribution in [2.75, 3.05) is 32.9 Å². The average Bonchev–Trinajstić information content (AvgIpc) is 2.30. The highest BCUT2D eigenvalue weighted by Crippen LogP contribution is 2.21. The molecule has 96 valence electrons. The van der Waals surface area contributed by atoms with Crippen molar-refractivity contribution in [1.29, 1.82) is 0 Å². The minimum Gasteiger partial charge on any atom is -0.489 e. The fourth-order valence-corrected chi connectivity index (χ4v) is 1.57. The Kier molecular flexibility index (Phi) is 7.16.